The second-order valence-corrected chi connectivity index (χ2v) is 5.58. The van der Waals surface area contributed by atoms with Crippen molar-refractivity contribution < 1.29 is 13.9 Å². The molecule has 1 aromatic rings. The van der Waals surface area contributed by atoms with Crippen molar-refractivity contribution in [2.24, 2.45) is 0 Å². The number of nitrogens with zero attached hydrogens (tertiary/aromatic N) is 1. The summed E-state index contributed by atoms with van der Waals surface area (Å²) in [6.07, 6.45) is 1.58. The molecule has 0 aliphatic carbocycles. The van der Waals surface area contributed by atoms with Crippen LogP contribution in [-0.4, -0.2) is 43.2 Å². The van der Waals surface area contributed by atoms with Crippen molar-refractivity contribution in [3.05, 3.63) is 35.6 Å². The Bertz CT molecular complexity index is 472. The fraction of sp³-hybridized carbons (Fsp3) is 0.588. The summed E-state index contributed by atoms with van der Waals surface area (Å²) >= 11 is 0. The molecule has 0 bridgehead atoms. The first-order valence-electron chi connectivity index (χ1n) is 8.03. The van der Waals surface area contributed by atoms with E-state index in [9.17, 15) is 9.18 Å². The van der Waals surface area contributed by atoms with E-state index >= 15 is 0 Å². The van der Waals surface area contributed by atoms with E-state index in [-0.39, 0.29) is 23.8 Å². The highest BCUT2D eigenvalue weighted by molar-refractivity contribution is 5.82. The number of carbonyl (C=O) groups excluding carboxylic acids is 1. The summed E-state index contributed by atoms with van der Waals surface area (Å²) in [6, 6.07) is 6.32. The predicted octanol–water partition coefficient (Wildman–Crippen LogP) is 2.50. The summed E-state index contributed by atoms with van der Waals surface area (Å²) in [5, 5.41) is 3.43. The Hall–Kier alpha value is -1.46. The second kappa shape index (κ2) is 8.25. The lowest BCUT2D eigenvalue weighted by Gasteiger charge is -2.32. The highest BCUT2D eigenvalue weighted by Gasteiger charge is 2.26. The fourth-order valence-electron chi connectivity index (χ4n) is 2.76. The van der Waals surface area contributed by atoms with Crippen LogP contribution in [0.3, 0.4) is 0 Å². The van der Waals surface area contributed by atoms with Crippen LogP contribution in [0.25, 0.3) is 0 Å². The summed E-state index contributed by atoms with van der Waals surface area (Å²) in [6.45, 7) is 6.60. The molecule has 0 radical (unpaired) electrons. The lowest BCUT2D eigenvalue weighted by molar-refractivity contribution is -0.137. The minimum atomic E-state index is -0.241. The smallest absolute Gasteiger partial charge is 0.239 e. The number of carbonyl (C=O) groups is 1. The molecule has 2 atom stereocenters. The molecule has 1 fully saturated rings. The van der Waals surface area contributed by atoms with Crippen molar-refractivity contribution in [2.75, 3.05) is 26.3 Å². The van der Waals surface area contributed by atoms with Crippen LogP contribution >= 0.6 is 0 Å². The van der Waals surface area contributed by atoms with Gasteiger partial charge in [0.2, 0.25) is 5.91 Å². The first-order chi connectivity index (χ1) is 10.7. The molecule has 0 saturated carbocycles. The largest absolute Gasteiger partial charge is 0.378 e. The van der Waals surface area contributed by atoms with Gasteiger partial charge < -0.3 is 9.64 Å². The quantitative estimate of drug-likeness (QED) is 0.878. The number of ether oxygens (including phenoxy) is 1. The van der Waals surface area contributed by atoms with Gasteiger partial charge in [-0.15, -0.1) is 0 Å². The molecule has 4 nitrogen and oxygen atoms in total. The first-order valence-corrected chi connectivity index (χ1v) is 8.03. The number of rotatable bonds is 6. The second-order valence-electron chi connectivity index (χ2n) is 5.58. The molecule has 5 heteroatoms. The van der Waals surface area contributed by atoms with E-state index in [0.29, 0.717) is 26.3 Å². The molecule has 1 heterocycles. The van der Waals surface area contributed by atoms with Gasteiger partial charge in [-0.25, -0.2) is 4.39 Å². The average molecular weight is 308 g/mol. The maximum absolute atomic E-state index is 13.1. The molecule has 0 aromatic heterocycles. The van der Waals surface area contributed by atoms with Gasteiger partial charge >= 0.3 is 0 Å². The van der Waals surface area contributed by atoms with E-state index in [1.165, 1.54) is 12.1 Å². The van der Waals surface area contributed by atoms with Gasteiger partial charge in [-0.3, -0.25) is 10.1 Å². The van der Waals surface area contributed by atoms with Gasteiger partial charge in [0, 0.05) is 19.1 Å². The van der Waals surface area contributed by atoms with Crippen LogP contribution in [0, 0.1) is 5.82 Å². The summed E-state index contributed by atoms with van der Waals surface area (Å²) in [5.74, 6) is -0.110. The van der Waals surface area contributed by atoms with Crippen molar-refractivity contribution in [3.63, 3.8) is 0 Å². The Labute approximate surface area is 131 Å². The van der Waals surface area contributed by atoms with E-state index in [1.54, 1.807) is 12.1 Å². The van der Waals surface area contributed by atoms with Gasteiger partial charge in [-0.05, 0) is 30.5 Å². The van der Waals surface area contributed by atoms with Crippen LogP contribution in [0.4, 0.5) is 4.39 Å². The predicted molar refractivity (Wildman–Crippen MR) is 84.0 cm³/mol. The Morgan fingerprint density at radius 2 is 1.86 bits per heavy atom. The number of hydrogen-bond donors (Lipinski definition) is 1. The highest BCUT2D eigenvalue weighted by atomic mass is 19.1. The standard InChI is InChI=1S/C17H25FN2O2/c1-3-15(13-5-7-14(18)8-6-13)19-16(4-2)17(21)20-9-11-22-12-10-20/h5-8,15-16,19H,3-4,9-12H2,1-2H3/t15-,16-/m0/s1. The van der Waals surface area contributed by atoms with E-state index in [2.05, 4.69) is 12.2 Å². The number of morpholine rings is 1. The Morgan fingerprint density at radius 3 is 2.41 bits per heavy atom. The summed E-state index contributed by atoms with van der Waals surface area (Å²) in [4.78, 5) is 14.5. The van der Waals surface area contributed by atoms with Crippen LogP contribution < -0.4 is 5.32 Å². The number of halogens is 1. The van der Waals surface area contributed by atoms with Gasteiger partial charge in [0.1, 0.15) is 5.82 Å². The van der Waals surface area contributed by atoms with Crippen LogP contribution in [0.2, 0.25) is 0 Å². The Kier molecular flexibility index (Phi) is 6.34. The third-order valence-electron chi connectivity index (χ3n) is 4.11. The zero-order valence-corrected chi connectivity index (χ0v) is 13.3. The molecule has 22 heavy (non-hydrogen) atoms. The van der Waals surface area contributed by atoms with Crippen molar-refractivity contribution >= 4 is 5.91 Å². The van der Waals surface area contributed by atoms with E-state index in [4.69, 9.17) is 4.74 Å². The highest BCUT2D eigenvalue weighted by Crippen LogP contribution is 2.19. The van der Waals surface area contributed by atoms with Gasteiger partial charge in [-0.1, -0.05) is 26.0 Å². The number of amides is 1. The van der Waals surface area contributed by atoms with Gasteiger partial charge in [0.05, 0.1) is 19.3 Å². The Balaban J connectivity index is 2.03. The third-order valence-corrected chi connectivity index (χ3v) is 4.11. The molecule has 1 aliphatic heterocycles. The number of nitrogens with one attached hydrogen (secondary N) is 1. The van der Waals surface area contributed by atoms with Crippen molar-refractivity contribution in [2.45, 2.75) is 38.8 Å². The molecular weight excluding hydrogens is 283 g/mol. The SMILES string of the molecule is CC[C@H](N[C@@H](CC)c1ccc(F)cc1)C(=O)N1CCOCC1. The first kappa shape index (κ1) is 16.9. The van der Waals surface area contributed by atoms with E-state index in [0.717, 1.165) is 18.4 Å². The number of benzene rings is 1. The van der Waals surface area contributed by atoms with Crippen LogP contribution in [0.5, 0.6) is 0 Å². The molecule has 2 rings (SSSR count). The van der Waals surface area contributed by atoms with Crippen LogP contribution in [-0.2, 0) is 9.53 Å². The van der Waals surface area contributed by atoms with E-state index in [1.807, 2.05) is 11.8 Å². The monoisotopic (exact) mass is 308 g/mol. The molecule has 1 amide bonds. The molecule has 122 valence electrons. The molecular formula is C17H25FN2O2. The molecule has 1 aromatic carbocycles. The van der Waals surface area contributed by atoms with Gasteiger partial charge in [0.25, 0.3) is 0 Å². The maximum Gasteiger partial charge on any atom is 0.239 e. The molecule has 0 unspecified atom stereocenters. The summed E-state index contributed by atoms with van der Waals surface area (Å²) in [5.41, 5.74) is 1.01. The third kappa shape index (κ3) is 4.27. The van der Waals surface area contributed by atoms with Crippen LogP contribution in [0.15, 0.2) is 24.3 Å². The average Bonchev–Trinajstić information content (AvgIpc) is 2.57. The zero-order chi connectivity index (χ0) is 15.9. The van der Waals surface area contributed by atoms with Gasteiger partial charge in [-0.2, -0.15) is 0 Å². The normalized spacial score (nSPS) is 18.0. The maximum atomic E-state index is 13.1. The topological polar surface area (TPSA) is 41.6 Å². The minimum Gasteiger partial charge on any atom is -0.378 e. The van der Waals surface area contributed by atoms with Crippen molar-refractivity contribution in [1.82, 2.24) is 10.2 Å². The molecule has 1 aliphatic rings. The lowest BCUT2D eigenvalue weighted by Crippen LogP contribution is -2.50. The fourth-order valence-corrected chi connectivity index (χ4v) is 2.76. The minimum absolute atomic E-state index is 0.0514. The molecule has 1 saturated heterocycles. The molecule has 1 N–H and O–H groups in total. The van der Waals surface area contributed by atoms with Crippen LogP contribution in [0.1, 0.15) is 38.3 Å². The number of hydrogen-bond acceptors (Lipinski definition) is 3. The molecule has 0 spiro atoms. The van der Waals surface area contributed by atoms with Crippen molar-refractivity contribution in [1.29, 1.82) is 0 Å². The van der Waals surface area contributed by atoms with Gasteiger partial charge in [0.15, 0.2) is 0 Å². The van der Waals surface area contributed by atoms with Crippen molar-refractivity contribution in [3.8, 4) is 0 Å². The summed E-state index contributed by atoms with van der Waals surface area (Å²) in [7, 11) is 0. The Morgan fingerprint density at radius 1 is 1.23 bits per heavy atom. The lowest BCUT2D eigenvalue weighted by atomic mass is 10.0. The summed E-state index contributed by atoms with van der Waals surface area (Å²) < 4.78 is 18.4. The van der Waals surface area contributed by atoms with E-state index < -0.39 is 0 Å². The zero-order valence-electron chi connectivity index (χ0n) is 13.3.